The number of fused-ring (bicyclic) bond motifs is 1. The standard InChI is InChI=1S/C24H25F4N7O2S/c1-37-16-6-13(25)12(5-14(16)26)17-7-15(34-4-2-3-24(30,9-34)20(36)21(27)28)18(38-17)8-35-11-33-19-22(29)31-10-32-23(19)35/h5-7,10-11,20-21,36H,2-4,8-9,30H2,1H3,(H2,29,31,32)/t20-,24-/m1/s1. The Morgan fingerprint density at radius 2 is 1.97 bits per heavy atom. The van der Waals surface area contributed by atoms with Crippen molar-refractivity contribution in [3.8, 4) is 16.2 Å². The first-order valence-corrected chi connectivity index (χ1v) is 12.5. The molecule has 202 valence electrons. The summed E-state index contributed by atoms with van der Waals surface area (Å²) in [5.74, 6) is -1.43. The second-order valence-electron chi connectivity index (χ2n) is 9.23. The third kappa shape index (κ3) is 4.63. The molecule has 1 aliphatic heterocycles. The number of aliphatic hydroxyl groups is 1. The first kappa shape index (κ1) is 26.1. The van der Waals surface area contributed by atoms with E-state index in [-0.39, 0.29) is 36.6 Å². The van der Waals surface area contributed by atoms with E-state index in [0.29, 0.717) is 39.6 Å². The summed E-state index contributed by atoms with van der Waals surface area (Å²) in [7, 11) is 1.24. The summed E-state index contributed by atoms with van der Waals surface area (Å²) in [5, 5.41) is 10.2. The van der Waals surface area contributed by atoms with Crippen LogP contribution < -0.4 is 21.1 Å². The molecule has 5 rings (SSSR count). The minimum absolute atomic E-state index is 0.0199. The molecule has 1 aliphatic rings. The molecule has 0 unspecified atom stereocenters. The van der Waals surface area contributed by atoms with Crippen LogP contribution in [0.3, 0.4) is 0 Å². The number of hydrogen-bond donors (Lipinski definition) is 3. The molecule has 5 N–H and O–H groups in total. The number of halogens is 4. The van der Waals surface area contributed by atoms with Crippen LogP contribution in [0.5, 0.6) is 5.75 Å². The number of nitrogen functional groups attached to an aromatic ring is 1. The summed E-state index contributed by atoms with van der Waals surface area (Å²) in [5.41, 5.74) is 12.1. The molecule has 0 spiro atoms. The molecule has 38 heavy (non-hydrogen) atoms. The number of methoxy groups -OCH3 is 1. The monoisotopic (exact) mass is 551 g/mol. The van der Waals surface area contributed by atoms with Gasteiger partial charge in [-0.05, 0) is 25.0 Å². The second kappa shape index (κ2) is 10.0. The SMILES string of the molecule is COc1cc(F)c(-c2cc(N3CCC[C@](N)([C@H](O)C(F)F)C3)c(Cn3cnc4c(N)ncnc43)s2)cc1F. The molecule has 0 aliphatic carbocycles. The maximum atomic E-state index is 15.0. The van der Waals surface area contributed by atoms with Crippen molar-refractivity contribution in [3.63, 3.8) is 0 Å². The molecule has 0 bridgehead atoms. The average Bonchev–Trinajstić information content (AvgIpc) is 3.50. The quantitative estimate of drug-likeness (QED) is 0.298. The van der Waals surface area contributed by atoms with Gasteiger partial charge in [-0.2, -0.15) is 0 Å². The molecule has 4 heterocycles. The Morgan fingerprint density at radius 3 is 2.71 bits per heavy atom. The number of nitrogens with zero attached hydrogens (tertiary/aromatic N) is 5. The van der Waals surface area contributed by atoms with Gasteiger partial charge in [0.05, 0.1) is 31.2 Å². The van der Waals surface area contributed by atoms with Crippen molar-refractivity contribution in [1.29, 1.82) is 0 Å². The van der Waals surface area contributed by atoms with Gasteiger partial charge in [-0.1, -0.05) is 0 Å². The number of alkyl halides is 2. The zero-order valence-corrected chi connectivity index (χ0v) is 21.1. The van der Waals surface area contributed by atoms with Crippen molar-refractivity contribution in [1.82, 2.24) is 19.5 Å². The highest BCUT2D eigenvalue weighted by Gasteiger charge is 2.43. The molecule has 0 saturated carbocycles. The molecular formula is C24H25F4N7O2S. The maximum Gasteiger partial charge on any atom is 0.265 e. The van der Waals surface area contributed by atoms with Crippen LogP contribution in [0.25, 0.3) is 21.6 Å². The van der Waals surface area contributed by atoms with E-state index >= 15 is 0 Å². The van der Waals surface area contributed by atoms with E-state index in [9.17, 15) is 22.7 Å². The van der Waals surface area contributed by atoms with E-state index in [0.717, 1.165) is 12.1 Å². The number of benzene rings is 1. The number of piperidine rings is 1. The molecule has 1 saturated heterocycles. The summed E-state index contributed by atoms with van der Waals surface area (Å²) >= 11 is 1.20. The molecule has 4 aromatic rings. The molecule has 14 heteroatoms. The number of imidazole rings is 1. The van der Waals surface area contributed by atoms with Crippen molar-refractivity contribution in [2.45, 2.75) is 37.5 Å². The highest BCUT2D eigenvalue weighted by molar-refractivity contribution is 7.16. The van der Waals surface area contributed by atoms with Crippen LogP contribution in [-0.4, -0.2) is 62.9 Å². The molecule has 3 aromatic heterocycles. The summed E-state index contributed by atoms with van der Waals surface area (Å²) in [4.78, 5) is 15.4. The number of rotatable bonds is 7. The van der Waals surface area contributed by atoms with Gasteiger partial charge in [0.1, 0.15) is 23.8 Å². The van der Waals surface area contributed by atoms with E-state index in [1.165, 1.54) is 31.1 Å². The lowest BCUT2D eigenvalue weighted by molar-refractivity contribution is -0.0529. The summed E-state index contributed by atoms with van der Waals surface area (Å²) < 4.78 is 62.9. The number of anilines is 2. The Balaban J connectivity index is 1.59. The summed E-state index contributed by atoms with van der Waals surface area (Å²) in [6.45, 7) is 0.636. The van der Waals surface area contributed by atoms with Crippen LogP contribution in [0.15, 0.2) is 30.9 Å². The van der Waals surface area contributed by atoms with E-state index in [2.05, 4.69) is 15.0 Å². The Morgan fingerprint density at radius 1 is 1.18 bits per heavy atom. The van der Waals surface area contributed by atoms with E-state index in [1.54, 1.807) is 15.5 Å². The van der Waals surface area contributed by atoms with E-state index in [1.807, 2.05) is 0 Å². The average molecular weight is 552 g/mol. The Bertz CT molecular complexity index is 1480. The van der Waals surface area contributed by atoms with Crippen LogP contribution in [0.2, 0.25) is 0 Å². The zero-order valence-electron chi connectivity index (χ0n) is 20.2. The smallest absolute Gasteiger partial charge is 0.265 e. The predicted molar refractivity (Wildman–Crippen MR) is 135 cm³/mol. The van der Waals surface area contributed by atoms with Crippen LogP contribution >= 0.6 is 11.3 Å². The largest absolute Gasteiger partial charge is 0.494 e. The first-order chi connectivity index (χ1) is 18.1. The fourth-order valence-corrected chi connectivity index (χ4v) is 5.98. The van der Waals surface area contributed by atoms with Gasteiger partial charge >= 0.3 is 0 Å². The summed E-state index contributed by atoms with van der Waals surface area (Å²) in [6.07, 6.45) is -1.51. The van der Waals surface area contributed by atoms with Gasteiger partial charge in [0, 0.05) is 34.5 Å². The number of nitrogens with two attached hydrogens (primary N) is 2. The minimum Gasteiger partial charge on any atom is -0.494 e. The second-order valence-corrected chi connectivity index (χ2v) is 10.4. The lowest BCUT2D eigenvalue weighted by Gasteiger charge is -2.43. The van der Waals surface area contributed by atoms with Gasteiger partial charge in [0.25, 0.3) is 6.43 Å². The topological polar surface area (TPSA) is 128 Å². The van der Waals surface area contributed by atoms with Gasteiger partial charge in [0.2, 0.25) is 0 Å². The van der Waals surface area contributed by atoms with Crippen LogP contribution in [0.4, 0.5) is 29.1 Å². The van der Waals surface area contributed by atoms with E-state index < -0.39 is 29.7 Å². The third-order valence-corrected chi connectivity index (χ3v) is 7.90. The Labute approximate surface area is 218 Å². The van der Waals surface area contributed by atoms with Crippen molar-refractivity contribution in [3.05, 3.63) is 47.4 Å². The van der Waals surface area contributed by atoms with Gasteiger partial charge in [-0.25, -0.2) is 32.5 Å². The maximum absolute atomic E-state index is 15.0. The van der Waals surface area contributed by atoms with Crippen molar-refractivity contribution < 1.29 is 27.4 Å². The number of hydrogen-bond acceptors (Lipinski definition) is 9. The van der Waals surface area contributed by atoms with Crippen molar-refractivity contribution in [2.24, 2.45) is 5.73 Å². The summed E-state index contributed by atoms with van der Waals surface area (Å²) in [6, 6.07) is 3.70. The number of aromatic nitrogens is 4. The zero-order chi connectivity index (χ0) is 27.2. The third-order valence-electron chi connectivity index (χ3n) is 6.76. The fourth-order valence-electron chi connectivity index (χ4n) is 4.79. The molecule has 2 atom stereocenters. The number of thiophene rings is 1. The number of aliphatic hydroxyl groups excluding tert-OH is 1. The van der Waals surface area contributed by atoms with Gasteiger partial charge in [-0.3, -0.25) is 0 Å². The van der Waals surface area contributed by atoms with E-state index in [4.69, 9.17) is 16.2 Å². The fraction of sp³-hybridized carbons (Fsp3) is 0.375. The normalized spacial score (nSPS) is 18.9. The van der Waals surface area contributed by atoms with Crippen LogP contribution in [0.1, 0.15) is 17.7 Å². The molecule has 0 amide bonds. The first-order valence-electron chi connectivity index (χ1n) is 11.7. The van der Waals surface area contributed by atoms with Crippen LogP contribution in [-0.2, 0) is 6.54 Å². The van der Waals surface area contributed by atoms with Crippen LogP contribution in [0, 0.1) is 11.6 Å². The number of ether oxygens (including phenoxy) is 1. The molecular weight excluding hydrogens is 526 g/mol. The Kier molecular flexibility index (Phi) is 6.88. The van der Waals surface area contributed by atoms with Crippen molar-refractivity contribution >= 4 is 34.0 Å². The molecule has 0 radical (unpaired) electrons. The Hall–Kier alpha value is -3.49. The van der Waals surface area contributed by atoms with Gasteiger partial charge in [-0.15, -0.1) is 11.3 Å². The highest BCUT2D eigenvalue weighted by atomic mass is 32.1. The highest BCUT2D eigenvalue weighted by Crippen LogP contribution is 2.42. The molecule has 1 aromatic carbocycles. The van der Waals surface area contributed by atoms with Gasteiger partial charge < -0.3 is 30.8 Å². The lowest BCUT2D eigenvalue weighted by atomic mass is 9.84. The van der Waals surface area contributed by atoms with Crippen molar-refractivity contribution in [2.75, 3.05) is 30.8 Å². The van der Waals surface area contributed by atoms with Gasteiger partial charge in [0.15, 0.2) is 23.0 Å². The lowest BCUT2D eigenvalue weighted by Crippen LogP contribution is -2.63. The molecule has 1 fully saturated rings. The molecule has 9 nitrogen and oxygen atoms in total. The predicted octanol–water partition coefficient (Wildman–Crippen LogP) is 3.40. The minimum atomic E-state index is -3.00.